The van der Waals surface area contributed by atoms with E-state index >= 15 is 0 Å². The van der Waals surface area contributed by atoms with Crippen LogP contribution in [0.25, 0.3) is 5.57 Å². The molecule has 19 heavy (non-hydrogen) atoms. The number of aliphatic hydroxyl groups excluding tert-OH is 1. The minimum absolute atomic E-state index is 0.0677. The number of thioether (sulfide) groups is 1. The molecular weight excluding hydrogens is 276 g/mol. The zero-order valence-corrected chi connectivity index (χ0v) is 12.2. The van der Waals surface area contributed by atoms with Gasteiger partial charge in [-0.1, -0.05) is 71.4 Å². The van der Waals surface area contributed by atoms with Crippen LogP contribution in [0.1, 0.15) is 11.1 Å². The SMILES string of the molecule is Cc1ccc(S/C(Cl)=C(\CO)c2ccccc2)cc1. The van der Waals surface area contributed by atoms with Gasteiger partial charge in [-0.25, -0.2) is 0 Å². The molecule has 0 fully saturated rings. The highest BCUT2D eigenvalue weighted by Crippen LogP contribution is 2.35. The maximum atomic E-state index is 9.52. The molecule has 0 atom stereocenters. The second kappa shape index (κ2) is 6.80. The first-order valence-electron chi connectivity index (χ1n) is 6.00. The molecule has 0 bridgehead atoms. The van der Waals surface area contributed by atoms with Crippen LogP contribution in [0.3, 0.4) is 0 Å². The van der Waals surface area contributed by atoms with Gasteiger partial charge in [0, 0.05) is 10.5 Å². The highest BCUT2D eigenvalue weighted by molar-refractivity contribution is 8.04. The van der Waals surface area contributed by atoms with Gasteiger partial charge in [0.2, 0.25) is 0 Å². The zero-order valence-electron chi connectivity index (χ0n) is 10.6. The van der Waals surface area contributed by atoms with Crippen LogP contribution in [0.15, 0.2) is 63.9 Å². The molecule has 1 nitrogen and oxygen atoms in total. The van der Waals surface area contributed by atoms with Crippen molar-refractivity contribution in [2.75, 3.05) is 6.61 Å². The number of aryl methyl sites for hydroxylation is 1. The van der Waals surface area contributed by atoms with E-state index in [9.17, 15) is 5.11 Å². The second-order valence-electron chi connectivity index (χ2n) is 4.19. The van der Waals surface area contributed by atoms with E-state index < -0.39 is 0 Å². The Labute approximate surface area is 122 Å². The Bertz CT molecular complexity index is 561. The van der Waals surface area contributed by atoms with Crippen LogP contribution in [0.2, 0.25) is 0 Å². The molecule has 2 rings (SSSR count). The standard InChI is InChI=1S/C16H15ClOS/c1-12-7-9-14(10-8-12)19-16(17)15(11-18)13-5-3-2-4-6-13/h2-10,18H,11H2,1H3/b16-15+. The van der Waals surface area contributed by atoms with Gasteiger partial charge in [-0.05, 0) is 24.6 Å². The Morgan fingerprint density at radius 2 is 1.68 bits per heavy atom. The Balaban J connectivity index is 2.26. The lowest BCUT2D eigenvalue weighted by Gasteiger charge is -2.08. The molecule has 2 aromatic rings. The van der Waals surface area contributed by atoms with Crippen LogP contribution in [-0.4, -0.2) is 11.7 Å². The third-order valence-corrected chi connectivity index (χ3v) is 4.14. The van der Waals surface area contributed by atoms with Gasteiger partial charge in [0.1, 0.15) is 0 Å². The Hall–Kier alpha value is -1.22. The number of benzene rings is 2. The van der Waals surface area contributed by atoms with Crippen LogP contribution >= 0.6 is 23.4 Å². The highest BCUT2D eigenvalue weighted by atomic mass is 35.5. The van der Waals surface area contributed by atoms with E-state index in [4.69, 9.17) is 11.6 Å². The van der Waals surface area contributed by atoms with Crippen molar-refractivity contribution >= 4 is 28.9 Å². The van der Waals surface area contributed by atoms with Crippen molar-refractivity contribution in [1.82, 2.24) is 0 Å². The molecule has 0 amide bonds. The summed E-state index contributed by atoms with van der Waals surface area (Å²) in [6, 6.07) is 17.9. The van der Waals surface area contributed by atoms with Crippen molar-refractivity contribution in [2.24, 2.45) is 0 Å². The van der Waals surface area contributed by atoms with E-state index in [0.717, 1.165) is 16.0 Å². The minimum Gasteiger partial charge on any atom is -0.392 e. The maximum absolute atomic E-state index is 9.52. The number of aliphatic hydroxyl groups is 1. The third-order valence-electron chi connectivity index (χ3n) is 2.75. The Morgan fingerprint density at radius 1 is 1.05 bits per heavy atom. The normalized spacial score (nSPS) is 12.2. The smallest absolute Gasteiger partial charge is 0.0843 e. The number of halogens is 1. The zero-order chi connectivity index (χ0) is 13.7. The van der Waals surface area contributed by atoms with E-state index in [1.54, 1.807) is 0 Å². The summed E-state index contributed by atoms with van der Waals surface area (Å²) >= 11 is 7.80. The molecular formula is C16H15ClOS. The first-order chi connectivity index (χ1) is 9.20. The van der Waals surface area contributed by atoms with Crippen LogP contribution in [-0.2, 0) is 0 Å². The van der Waals surface area contributed by atoms with E-state index in [1.165, 1.54) is 17.3 Å². The lowest BCUT2D eigenvalue weighted by atomic mass is 10.1. The van der Waals surface area contributed by atoms with E-state index in [1.807, 2.05) is 54.6 Å². The lowest BCUT2D eigenvalue weighted by molar-refractivity contribution is 0.350. The van der Waals surface area contributed by atoms with Crippen molar-refractivity contribution < 1.29 is 5.11 Å². The molecule has 1 N–H and O–H groups in total. The van der Waals surface area contributed by atoms with E-state index in [0.29, 0.717) is 4.36 Å². The average molecular weight is 291 g/mol. The van der Waals surface area contributed by atoms with Crippen LogP contribution in [0.4, 0.5) is 0 Å². The van der Waals surface area contributed by atoms with Crippen LogP contribution < -0.4 is 0 Å². The van der Waals surface area contributed by atoms with Crippen LogP contribution in [0.5, 0.6) is 0 Å². The van der Waals surface area contributed by atoms with E-state index in [-0.39, 0.29) is 6.61 Å². The molecule has 0 radical (unpaired) electrons. The highest BCUT2D eigenvalue weighted by Gasteiger charge is 2.08. The third kappa shape index (κ3) is 3.87. The van der Waals surface area contributed by atoms with Gasteiger partial charge < -0.3 is 5.11 Å². The molecule has 0 saturated heterocycles. The van der Waals surface area contributed by atoms with Gasteiger partial charge >= 0.3 is 0 Å². The quantitative estimate of drug-likeness (QED) is 0.825. The fourth-order valence-electron chi connectivity index (χ4n) is 1.68. The van der Waals surface area contributed by atoms with Gasteiger partial charge in [-0.15, -0.1) is 0 Å². The van der Waals surface area contributed by atoms with Crippen molar-refractivity contribution in [2.45, 2.75) is 11.8 Å². The monoisotopic (exact) mass is 290 g/mol. The molecule has 0 aliphatic carbocycles. The molecule has 0 aliphatic rings. The van der Waals surface area contributed by atoms with Crippen molar-refractivity contribution in [3.05, 3.63) is 70.1 Å². The summed E-state index contributed by atoms with van der Waals surface area (Å²) in [4.78, 5) is 1.07. The number of rotatable bonds is 4. The first-order valence-corrected chi connectivity index (χ1v) is 7.19. The topological polar surface area (TPSA) is 20.2 Å². The van der Waals surface area contributed by atoms with Crippen LogP contribution in [0, 0.1) is 6.92 Å². The predicted octanol–water partition coefficient (Wildman–Crippen LogP) is 4.69. The van der Waals surface area contributed by atoms with E-state index in [2.05, 4.69) is 6.92 Å². The lowest BCUT2D eigenvalue weighted by Crippen LogP contribution is -1.91. The fourth-order valence-corrected chi connectivity index (χ4v) is 2.90. The molecule has 98 valence electrons. The van der Waals surface area contributed by atoms with Gasteiger partial charge in [-0.2, -0.15) is 0 Å². The maximum Gasteiger partial charge on any atom is 0.0843 e. The summed E-state index contributed by atoms with van der Waals surface area (Å²) in [6.07, 6.45) is 0. The van der Waals surface area contributed by atoms with Gasteiger partial charge in [0.15, 0.2) is 0 Å². The number of hydrogen-bond donors (Lipinski definition) is 1. The van der Waals surface area contributed by atoms with Gasteiger partial charge in [0.25, 0.3) is 0 Å². The van der Waals surface area contributed by atoms with Crippen molar-refractivity contribution in [1.29, 1.82) is 0 Å². The molecule has 0 aromatic heterocycles. The fraction of sp³-hybridized carbons (Fsp3) is 0.125. The number of hydrogen-bond acceptors (Lipinski definition) is 2. The summed E-state index contributed by atoms with van der Waals surface area (Å²) in [6.45, 7) is 1.98. The first kappa shape index (κ1) is 14.2. The summed E-state index contributed by atoms with van der Waals surface area (Å²) in [7, 11) is 0. The molecule has 0 aliphatic heterocycles. The Morgan fingerprint density at radius 3 is 2.26 bits per heavy atom. The molecule has 0 saturated carbocycles. The molecule has 2 aromatic carbocycles. The molecule has 3 heteroatoms. The molecule has 0 spiro atoms. The van der Waals surface area contributed by atoms with Crippen molar-refractivity contribution in [3.63, 3.8) is 0 Å². The average Bonchev–Trinajstić information content (AvgIpc) is 2.43. The minimum atomic E-state index is -0.0677. The van der Waals surface area contributed by atoms with Gasteiger partial charge in [-0.3, -0.25) is 0 Å². The molecule has 0 unspecified atom stereocenters. The summed E-state index contributed by atoms with van der Waals surface area (Å²) < 4.78 is 0.609. The Kier molecular flexibility index (Phi) is 5.08. The molecule has 0 heterocycles. The van der Waals surface area contributed by atoms with Crippen molar-refractivity contribution in [3.8, 4) is 0 Å². The predicted molar refractivity (Wildman–Crippen MR) is 83.3 cm³/mol. The second-order valence-corrected chi connectivity index (χ2v) is 5.88. The summed E-state index contributed by atoms with van der Waals surface area (Å²) in [5.74, 6) is 0. The summed E-state index contributed by atoms with van der Waals surface area (Å²) in [5, 5.41) is 9.52. The largest absolute Gasteiger partial charge is 0.392 e. The van der Waals surface area contributed by atoms with Gasteiger partial charge in [0.05, 0.1) is 11.0 Å². The summed E-state index contributed by atoms with van der Waals surface area (Å²) in [5.41, 5.74) is 2.93.